The normalized spacial score (nSPS) is 9.83. The first-order chi connectivity index (χ1) is 11.0. The molecule has 0 unspecified atom stereocenters. The summed E-state index contributed by atoms with van der Waals surface area (Å²) in [6.45, 7) is 0. The summed E-state index contributed by atoms with van der Waals surface area (Å²) < 4.78 is 5.44. The fourth-order valence-corrected chi connectivity index (χ4v) is 1.39. The van der Waals surface area contributed by atoms with E-state index < -0.39 is 0 Å². The number of ether oxygens (including phenoxy) is 1. The van der Waals surface area contributed by atoms with Gasteiger partial charge < -0.3 is 16.2 Å². The lowest BCUT2D eigenvalue weighted by Crippen LogP contribution is -2.23. The second-order valence-corrected chi connectivity index (χ2v) is 4.25. The maximum absolute atomic E-state index is 8.68. The molecule has 0 aliphatic carbocycles. The largest absolute Gasteiger partial charge is 0.425 e. The third kappa shape index (κ3) is 7.89. The molecule has 23 heavy (non-hydrogen) atoms. The molecule has 9 heteroatoms. The van der Waals surface area contributed by atoms with Gasteiger partial charge in [0.2, 0.25) is 0 Å². The van der Waals surface area contributed by atoms with Crippen molar-refractivity contribution in [2.24, 2.45) is 16.5 Å². The number of rotatable bonds is 2. The highest BCUT2D eigenvalue weighted by Gasteiger charge is 2.02. The van der Waals surface area contributed by atoms with Crippen LogP contribution >= 0.6 is 11.6 Å². The van der Waals surface area contributed by atoms with Crippen LogP contribution in [0.1, 0.15) is 0 Å². The molecule has 0 atom stereocenters. The average Bonchev–Trinajstić information content (AvgIpc) is 2.50. The fourth-order valence-electron chi connectivity index (χ4n) is 1.28. The van der Waals surface area contributed by atoms with Crippen molar-refractivity contribution in [1.82, 2.24) is 10.3 Å². The Labute approximate surface area is 137 Å². The second-order valence-electron chi connectivity index (χ2n) is 3.86. The molecule has 0 spiro atoms. The van der Waals surface area contributed by atoms with Crippen molar-refractivity contribution in [1.29, 1.82) is 10.7 Å². The van der Waals surface area contributed by atoms with E-state index in [1.807, 2.05) is 18.2 Å². The summed E-state index contributed by atoms with van der Waals surface area (Å²) >= 11 is 5.68. The highest BCUT2D eigenvalue weighted by Crippen LogP contribution is 2.14. The number of aromatic nitrogens is 1. The second kappa shape index (κ2) is 9.59. The molecule has 0 aliphatic heterocycles. The highest BCUT2D eigenvalue weighted by molar-refractivity contribution is 6.29. The van der Waals surface area contributed by atoms with Gasteiger partial charge in [-0.3, -0.25) is 5.41 Å². The van der Waals surface area contributed by atoms with Crippen LogP contribution in [0.15, 0.2) is 53.7 Å². The van der Waals surface area contributed by atoms with Crippen molar-refractivity contribution in [3.63, 3.8) is 0 Å². The predicted molar refractivity (Wildman–Crippen MR) is 88.3 cm³/mol. The summed E-state index contributed by atoms with van der Waals surface area (Å²) in [4.78, 5) is 8.02. The van der Waals surface area contributed by atoms with E-state index in [9.17, 15) is 0 Å². The Morgan fingerprint density at radius 2 is 1.91 bits per heavy atom. The summed E-state index contributed by atoms with van der Waals surface area (Å²) in [5.74, 6) is 0.242. The molecular formula is C14H14ClN7O. The molecule has 0 amide bonds. The maximum Gasteiger partial charge on any atom is 0.309 e. The highest BCUT2D eigenvalue weighted by atomic mass is 35.5. The Hall–Kier alpha value is -3.31. The van der Waals surface area contributed by atoms with Crippen LogP contribution in [0.5, 0.6) is 5.75 Å². The van der Waals surface area contributed by atoms with Gasteiger partial charge in [-0.15, -0.1) is 0 Å². The molecule has 0 bridgehead atoms. The summed E-state index contributed by atoms with van der Waals surface area (Å²) in [7, 11) is 0. The third-order valence-electron chi connectivity index (χ3n) is 2.06. The summed E-state index contributed by atoms with van der Waals surface area (Å²) in [5.41, 5.74) is 9.47. The molecule has 0 saturated heterocycles. The van der Waals surface area contributed by atoms with Crippen LogP contribution in [0, 0.1) is 16.9 Å². The van der Waals surface area contributed by atoms with E-state index >= 15 is 0 Å². The van der Waals surface area contributed by atoms with Crippen LogP contribution in [-0.2, 0) is 0 Å². The average molecular weight is 332 g/mol. The number of halogens is 1. The number of benzene rings is 1. The van der Waals surface area contributed by atoms with Gasteiger partial charge in [0.25, 0.3) is 0 Å². The Morgan fingerprint density at radius 3 is 2.43 bits per heavy atom. The maximum atomic E-state index is 8.68. The number of aliphatic imine (C=N–C) groups is 1. The number of nitrogens with zero attached hydrogens (tertiary/aromatic N) is 3. The zero-order valence-electron chi connectivity index (χ0n) is 11.9. The van der Waals surface area contributed by atoms with E-state index in [4.69, 9.17) is 27.0 Å². The standard InChI is InChI=1S/C13H9ClN4O.CH5N3/c14-12-7-6-10(8-16-12)18-13(17-9-15)19-11-4-2-1-3-5-11;2-1(3)4/h1-8H,(H,17,18);(H5,2,3,4). The van der Waals surface area contributed by atoms with E-state index in [1.165, 1.54) is 6.20 Å². The van der Waals surface area contributed by atoms with E-state index in [2.05, 4.69) is 26.8 Å². The minimum atomic E-state index is -0.333. The number of nitriles is 1. The molecule has 2 aromatic rings. The first-order valence-corrected chi connectivity index (χ1v) is 6.57. The van der Waals surface area contributed by atoms with Gasteiger partial charge in [0.15, 0.2) is 12.2 Å². The summed E-state index contributed by atoms with van der Waals surface area (Å²) in [5, 5.41) is 17.5. The number of para-hydroxylation sites is 1. The SMILES string of the molecule is N#CNC(=Nc1ccc(Cl)nc1)Oc1ccccc1.N=C(N)N. The van der Waals surface area contributed by atoms with Crippen LogP contribution in [0.4, 0.5) is 5.69 Å². The third-order valence-corrected chi connectivity index (χ3v) is 2.29. The zero-order valence-corrected chi connectivity index (χ0v) is 12.7. The van der Waals surface area contributed by atoms with Crippen LogP contribution in [0.3, 0.4) is 0 Å². The molecular weight excluding hydrogens is 318 g/mol. The molecule has 0 aliphatic rings. The molecule has 1 aromatic carbocycles. The van der Waals surface area contributed by atoms with Gasteiger partial charge in [0.1, 0.15) is 10.9 Å². The van der Waals surface area contributed by atoms with Crippen molar-refractivity contribution in [3.05, 3.63) is 53.8 Å². The van der Waals surface area contributed by atoms with Gasteiger partial charge in [0, 0.05) is 0 Å². The number of nitrogens with two attached hydrogens (primary N) is 2. The molecule has 0 saturated carbocycles. The van der Waals surface area contributed by atoms with E-state index in [-0.39, 0.29) is 12.0 Å². The van der Waals surface area contributed by atoms with Crippen LogP contribution in [0.2, 0.25) is 5.15 Å². The number of guanidine groups is 1. The molecule has 8 nitrogen and oxygen atoms in total. The first-order valence-electron chi connectivity index (χ1n) is 6.19. The monoisotopic (exact) mass is 331 g/mol. The van der Waals surface area contributed by atoms with Crippen molar-refractivity contribution in [2.45, 2.75) is 0 Å². The number of hydrogen-bond donors (Lipinski definition) is 4. The molecule has 2 rings (SSSR count). The lowest BCUT2D eigenvalue weighted by Gasteiger charge is -2.06. The van der Waals surface area contributed by atoms with Gasteiger partial charge in [-0.2, -0.15) is 10.3 Å². The van der Waals surface area contributed by atoms with Crippen molar-refractivity contribution >= 4 is 29.3 Å². The van der Waals surface area contributed by atoms with Crippen molar-refractivity contribution < 1.29 is 4.74 Å². The molecule has 1 aromatic heterocycles. The molecule has 0 radical (unpaired) electrons. The van der Waals surface area contributed by atoms with Crippen molar-refractivity contribution in [2.75, 3.05) is 0 Å². The van der Waals surface area contributed by atoms with E-state index in [0.717, 1.165) is 0 Å². The number of nitrogens with one attached hydrogen (secondary N) is 2. The lowest BCUT2D eigenvalue weighted by molar-refractivity contribution is 0.531. The quantitative estimate of drug-likeness (QED) is 0.216. The lowest BCUT2D eigenvalue weighted by atomic mass is 10.3. The molecule has 1 heterocycles. The van der Waals surface area contributed by atoms with Crippen LogP contribution in [-0.4, -0.2) is 17.0 Å². The number of hydrogen-bond acceptors (Lipinski definition) is 5. The Kier molecular flexibility index (Phi) is 7.40. The predicted octanol–water partition coefficient (Wildman–Crippen LogP) is 1.71. The van der Waals surface area contributed by atoms with Gasteiger partial charge in [-0.1, -0.05) is 29.8 Å². The fraction of sp³-hybridized carbons (Fsp3) is 0. The molecule has 0 fully saturated rings. The van der Waals surface area contributed by atoms with E-state index in [0.29, 0.717) is 16.6 Å². The van der Waals surface area contributed by atoms with Gasteiger partial charge in [0.05, 0.1) is 11.9 Å². The number of pyridine rings is 1. The summed E-state index contributed by atoms with van der Waals surface area (Å²) in [6, 6.07) is 12.4. The van der Waals surface area contributed by atoms with Gasteiger partial charge >= 0.3 is 6.02 Å². The van der Waals surface area contributed by atoms with Crippen LogP contribution in [0.25, 0.3) is 0 Å². The summed E-state index contributed by atoms with van der Waals surface area (Å²) in [6.07, 6.45) is 3.25. The topological polar surface area (TPSA) is 146 Å². The van der Waals surface area contributed by atoms with Gasteiger partial charge in [-0.25, -0.2) is 10.3 Å². The Bertz CT molecular complexity index is 691. The Balaban J connectivity index is 0.000000593. The zero-order chi connectivity index (χ0) is 17.1. The number of amidine groups is 1. The minimum absolute atomic E-state index is 0.0674. The molecule has 6 N–H and O–H groups in total. The molecule has 118 valence electrons. The van der Waals surface area contributed by atoms with Crippen LogP contribution < -0.4 is 21.5 Å². The van der Waals surface area contributed by atoms with Gasteiger partial charge in [-0.05, 0) is 24.3 Å². The van der Waals surface area contributed by atoms with E-state index in [1.54, 1.807) is 30.5 Å². The smallest absolute Gasteiger partial charge is 0.309 e. The van der Waals surface area contributed by atoms with Crippen molar-refractivity contribution in [3.8, 4) is 11.9 Å². The first kappa shape index (κ1) is 17.7. The minimum Gasteiger partial charge on any atom is -0.425 e. The Morgan fingerprint density at radius 1 is 1.26 bits per heavy atom.